The summed E-state index contributed by atoms with van der Waals surface area (Å²) in [5.41, 5.74) is 0. The monoisotopic (exact) mass is 940 g/mol. The second kappa shape index (κ2) is 56.9. The van der Waals surface area contributed by atoms with Crippen LogP contribution in [0.15, 0.2) is 48.6 Å². The summed E-state index contributed by atoms with van der Waals surface area (Å²) in [4.78, 5) is 12.6. The molecule has 0 aromatic carbocycles. The quantitative estimate of drug-likeness (QED) is 0.0361. The van der Waals surface area contributed by atoms with Gasteiger partial charge in [0.15, 0.2) is 0 Å². The molecule has 0 bridgehead atoms. The first kappa shape index (κ1) is 65.3. The minimum Gasteiger partial charge on any atom is -0.394 e. The third kappa shape index (κ3) is 52.0. The topological polar surface area (TPSA) is 89.8 Å². The molecular formula is C62H117NO4. The van der Waals surface area contributed by atoms with Gasteiger partial charge in [-0.25, -0.2) is 0 Å². The first-order valence-corrected chi connectivity index (χ1v) is 30.0. The van der Waals surface area contributed by atoms with E-state index in [1.165, 1.54) is 250 Å². The summed E-state index contributed by atoms with van der Waals surface area (Å²) in [6.45, 7) is 4.20. The number of nitrogens with one attached hydrogen (secondary N) is 1. The van der Waals surface area contributed by atoms with Gasteiger partial charge in [-0.3, -0.25) is 4.79 Å². The molecule has 0 spiro atoms. The molecule has 0 aromatic heterocycles. The highest BCUT2D eigenvalue weighted by Crippen LogP contribution is 2.17. The summed E-state index contributed by atoms with van der Waals surface area (Å²) in [5.74, 6) is -0.511. The maximum Gasteiger partial charge on any atom is 0.249 e. The fourth-order valence-electron chi connectivity index (χ4n) is 9.23. The summed E-state index contributed by atoms with van der Waals surface area (Å²) >= 11 is 0. The predicted molar refractivity (Wildman–Crippen MR) is 296 cm³/mol. The second-order valence-electron chi connectivity index (χ2n) is 20.5. The Bertz CT molecular complexity index is 1080. The molecule has 0 fully saturated rings. The van der Waals surface area contributed by atoms with Crippen LogP contribution in [0.3, 0.4) is 0 Å². The van der Waals surface area contributed by atoms with Crippen LogP contribution in [-0.2, 0) is 4.79 Å². The Morgan fingerprint density at radius 2 is 0.657 bits per heavy atom. The van der Waals surface area contributed by atoms with E-state index in [2.05, 4.69) is 55.6 Å². The molecule has 0 aliphatic rings. The Labute approximate surface area is 418 Å². The van der Waals surface area contributed by atoms with Gasteiger partial charge in [-0.1, -0.05) is 300 Å². The number of unbranched alkanes of at least 4 members (excludes halogenated alkanes) is 41. The number of hydrogen-bond donors (Lipinski definition) is 4. The summed E-state index contributed by atoms with van der Waals surface area (Å²) in [7, 11) is 0. The summed E-state index contributed by atoms with van der Waals surface area (Å²) in [6, 6.07) is -0.818. The Balaban J connectivity index is 3.60. The van der Waals surface area contributed by atoms with Crippen LogP contribution in [0.25, 0.3) is 0 Å². The van der Waals surface area contributed by atoms with E-state index in [9.17, 15) is 20.1 Å². The second-order valence-corrected chi connectivity index (χ2v) is 20.5. The SMILES string of the molecule is CCCCCCCCCCC/C=C\C/C=C\CCCCCCCCCCCCCCC(O)C(=O)NC(CO)C(O)/C=C/CC/C=C/CCCCCCCCCCCCCCCCCCCCC. The van der Waals surface area contributed by atoms with Crippen molar-refractivity contribution in [3.05, 3.63) is 48.6 Å². The van der Waals surface area contributed by atoms with Gasteiger partial charge in [0, 0.05) is 0 Å². The van der Waals surface area contributed by atoms with Gasteiger partial charge >= 0.3 is 0 Å². The summed E-state index contributed by atoms with van der Waals surface area (Å²) in [5, 5.41) is 33.4. The van der Waals surface area contributed by atoms with E-state index in [0.717, 1.165) is 44.9 Å². The van der Waals surface area contributed by atoms with Crippen molar-refractivity contribution in [1.82, 2.24) is 5.32 Å². The molecule has 0 saturated heterocycles. The van der Waals surface area contributed by atoms with Gasteiger partial charge in [0.05, 0.1) is 18.8 Å². The number of allylic oxidation sites excluding steroid dienone is 7. The molecule has 0 aliphatic carbocycles. The molecule has 394 valence electrons. The molecule has 5 nitrogen and oxygen atoms in total. The first-order chi connectivity index (χ1) is 33.1. The van der Waals surface area contributed by atoms with Gasteiger partial charge in [-0.15, -0.1) is 0 Å². The Kier molecular flexibility index (Phi) is 55.5. The van der Waals surface area contributed by atoms with Crippen molar-refractivity contribution < 1.29 is 20.1 Å². The van der Waals surface area contributed by atoms with Crippen LogP contribution >= 0.6 is 0 Å². The number of hydrogen-bond acceptors (Lipinski definition) is 4. The summed E-state index contributed by atoms with van der Waals surface area (Å²) in [6.07, 6.45) is 76.3. The highest BCUT2D eigenvalue weighted by atomic mass is 16.3. The van der Waals surface area contributed by atoms with Crippen molar-refractivity contribution in [1.29, 1.82) is 0 Å². The Morgan fingerprint density at radius 3 is 1.00 bits per heavy atom. The van der Waals surface area contributed by atoms with Gasteiger partial charge < -0.3 is 20.6 Å². The van der Waals surface area contributed by atoms with Gasteiger partial charge in [0.2, 0.25) is 5.91 Å². The van der Waals surface area contributed by atoms with Gasteiger partial charge in [-0.05, 0) is 64.2 Å². The van der Waals surface area contributed by atoms with Crippen molar-refractivity contribution >= 4 is 5.91 Å². The highest BCUT2D eigenvalue weighted by Gasteiger charge is 2.22. The van der Waals surface area contributed by atoms with Crippen LogP contribution in [0.4, 0.5) is 0 Å². The zero-order chi connectivity index (χ0) is 48.6. The molecule has 67 heavy (non-hydrogen) atoms. The molecule has 0 heterocycles. The number of carbonyl (C=O) groups excluding carboxylic acids is 1. The van der Waals surface area contributed by atoms with Crippen LogP contribution in [0.2, 0.25) is 0 Å². The lowest BCUT2D eigenvalue weighted by Crippen LogP contribution is -2.48. The van der Waals surface area contributed by atoms with Crippen molar-refractivity contribution in [2.45, 2.75) is 334 Å². The standard InChI is InChI=1S/C62H117NO4/c1-3-5-7-9-11-13-15-17-19-21-23-25-27-29-30-31-33-35-37-39-41-43-45-47-49-51-53-55-57-61(66)62(67)63-59(58-64)60(65)56-54-52-50-48-46-44-42-40-38-36-34-32-28-26-24-22-20-18-16-14-12-10-8-6-4-2/h23,25,29-30,46,48,54,56,59-61,64-66H,3-22,24,26-28,31-45,47,49-53,55,57-58H2,1-2H3,(H,63,67)/b25-23-,30-29-,48-46+,56-54+. The fraction of sp³-hybridized carbons (Fsp3) is 0.855. The van der Waals surface area contributed by atoms with E-state index >= 15 is 0 Å². The smallest absolute Gasteiger partial charge is 0.249 e. The van der Waals surface area contributed by atoms with Crippen LogP contribution in [-0.4, -0.2) is 46.1 Å². The minimum absolute atomic E-state index is 0.376. The number of aliphatic hydroxyl groups is 3. The highest BCUT2D eigenvalue weighted by molar-refractivity contribution is 5.80. The zero-order valence-corrected chi connectivity index (χ0v) is 45.0. The van der Waals surface area contributed by atoms with Crippen LogP contribution < -0.4 is 5.32 Å². The Hall–Kier alpha value is -1.69. The van der Waals surface area contributed by atoms with E-state index in [0.29, 0.717) is 6.42 Å². The molecule has 3 atom stereocenters. The lowest BCUT2D eigenvalue weighted by molar-refractivity contribution is -0.131. The largest absolute Gasteiger partial charge is 0.394 e. The number of amides is 1. The number of carbonyl (C=O) groups is 1. The molecule has 0 saturated carbocycles. The van der Waals surface area contributed by atoms with E-state index < -0.39 is 24.2 Å². The molecule has 4 N–H and O–H groups in total. The number of aliphatic hydroxyl groups excluding tert-OH is 3. The lowest BCUT2D eigenvalue weighted by Gasteiger charge is -2.21. The molecule has 3 unspecified atom stereocenters. The maximum absolute atomic E-state index is 12.6. The van der Waals surface area contributed by atoms with Crippen molar-refractivity contribution in [3.8, 4) is 0 Å². The van der Waals surface area contributed by atoms with Gasteiger partial charge in [-0.2, -0.15) is 0 Å². The maximum atomic E-state index is 12.6. The molecule has 5 heteroatoms. The third-order valence-corrected chi connectivity index (χ3v) is 13.9. The molecule has 0 rings (SSSR count). The molecule has 0 radical (unpaired) electrons. The van der Waals surface area contributed by atoms with E-state index in [1.54, 1.807) is 6.08 Å². The zero-order valence-electron chi connectivity index (χ0n) is 45.0. The molecular weight excluding hydrogens is 823 g/mol. The lowest BCUT2D eigenvalue weighted by atomic mass is 10.0. The minimum atomic E-state index is -1.11. The van der Waals surface area contributed by atoms with Gasteiger partial charge in [0.1, 0.15) is 6.10 Å². The van der Waals surface area contributed by atoms with Crippen LogP contribution in [0, 0.1) is 0 Å². The molecule has 1 amide bonds. The fourth-order valence-corrected chi connectivity index (χ4v) is 9.23. The number of rotatable bonds is 55. The third-order valence-electron chi connectivity index (χ3n) is 13.9. The average Bonchev–Trinajstić information content (AvgIpc) is 3.33. The first-order valence-electron chi connectivity index (χ1n) is 30.0. The summed E-state index contributed by atoms with van der Waals surface area (Å²) < 4.78 is 0. The van der Waals surface area contributed by atoms with Crippen molar-refractivity contribution in [2.75, 3.05) is 6.61 Å². The van der Waals surface area contributed by atoms with Crippen LogP contribution in [0.5, 0.6) is 0 Å². The molecule has 0 aromatic rings. The van der Waals surface area contributed by atoms with Crippen molar-refractivity contribution in [3.63, 3.8) is 0 Å². The normalized spacial score (nSPS) is 13.6. The van der Waals surface area contributed by atoms with Gasteiger partial charge in [0.25, 0.3) is 0 Å². The molecule has 0 aliphatic heterocycles. The van der Waals surface area contributed by atoms with Crippen molar-refractivity contribution in [2.24, 2.45) is 0 Å². The Morgan fingerprint density at radius 1 is 0.373 bits per heavy atom. The predicted octanol–water partition coefficient (Wildman–Crippen LogP) is 18.8. The van der Waals surface area contributed by atoms with E-state index in [4.69, 9.17) is 0 Å². The van der Waals surface area contributed by atoms with E-state index in [-0.39, 0.29) is 6.61 Å². The average molecular weight is 941 g/mol. The van der Waals surface area contributed by atoms with E-state index in [1.807, 2.05) is 6.08 Å². The van der Waals surface area contributed by atoms with Crippen LogP contribution in [0.1, 0.15) is 316 Å².